The smallest absolute Gasteiger partial charge is 0.0645 e. The van der Waals surface area contributed by atoms with Gasteiger partial charge in [-0.25, -0.2) is 0 Å². The first kappa shape index (κ1) is 13.2. The van der Waals surface area contributed by atoms with Crippen LogP contribution >= 0.6 is 0 Å². The molecule has 10 rings (SSSR count). The molecule has 0 N–H and O–H groups in total. The Bertz CT molecular complexity index is 4580. The summed E-state index contributed by atoms with van der Waals surface area (Å²) in [4.78, 5) is 0.907. The van der Waals surface area contributed by atoms with Crippen LogP contribution in [0.25, 0.3) is 76.5 Å². The predicted molar refractivity (Wildman–Crippen MR) is 227 cm³/mol. The number of fused-ring (bicyclic) bond motifs is 6. The molecular weight excluding hydrogens is 639 g/mol. The monoisotopic (exact) mass is 702 g/mol. The second-order valence-electron chi connectivity index (χ2n) is 11.5. The maximum Gasteiger partial charge on any atom is 0.0645 e. The molecule has 10 aromatic rings. The Morgan fingerprint density at radius 3 is 1.60 bits per heavy atom. The lowest BCUT2D eigenvalue weighted by Gasteiger charge is -2.26. The summed E-state index contributed by atoms with van der Waals surface area (Å²) in [5.41, 5.74) is -4.43. The third kappa shape index (κ3) is 5.60. The summed E-state index contributed by atoms with van der Waals surface area (Å²) in [6.45, 7) is 0. The second-order valence-corrected chi connectivity index (χ2v) is 11.5. The highest BCUT2D eigenvalue weighted by Crippen LogP contribution is 2.40. The molecule has 0 radical (unpaired) electrons. The third-order valence-corrected chi connectivity index (χ3v) is 8.40. The minimum Gasteiger partial charge on any atom is -0.311 e. The van der Waals surface area contributed by atoms with E-state index < -0.39 is 231 Å². The largest absolute Gasteiger partial charge is 0.311 e. The third-order valence-electron chi connectivity index (χ3n) is 8.40. The molecule has 0 bridgehead atoms. The van der Waals surface area contributed by atoms with E-state index in [0.29, 0.717) is 0 Å². The molecule has 0 aliphatic carbocycles. The molecule has 0 heterocycles. The summed E-state index contributed by atoms with van der Waals surface area (Å²) in [7, 11) is 0. The minimum atomic E-state index is -0.904. The number of benzene rings is 10. The molecule has 248 valence electrons. The van der Waals surface area contributed by atoms with Crippen molar-refractivity contribution in [3.05, 3.63) is 212 Å². The van der Waals surface area contributed by atoms with Crippen molar-refractivity contribution in [1.82, 2.24) is 0 Å². The van der Waals surface area contributed by atoms with Crippen LogP contribution in [0.1, 0.15) is 39.8 Å². The Balaban J connectivity index is 1.28. The fourth-order valence-electron chi connectivity index (χ4n) is 5.95. The molecule has 53 heavy (non-hydrogen) atoms. The number of rotatable bonds is 6. The zero-order valence-electron chi connectivity index (χ0n) is 55.9. The molecule has 0 saturated carbocycles. The minimum absolute atomic E-state index is 0.269. The summed E-state index contributed by atoms with van der Waals surface area (Å²) in [6, 6.07) is -15.4. The van der Waals surface area contributed by atoms with Gasteiger partial charge in [0.15, 0.2) is 0 Å². The SMILES string of the molecule is [2H]c1cc2c(-c3c([2H])cc(N(c4cc([2H])c(-c5c([2H])c([2H])c([2H])c([2H])c5[2H])c([2H])c4)c4cc([2H])c(-c5cc([2H])c6c(c5[2H])c([2H])c([2H])c5c([2H])c([2H])c([2H])c([2H])c56)c([2H])c4[2H])c([2H])c3[2H])c([2H])c3c([2H])c([2H])c([2H])c([2H])c3c2c([2H])c1[2H]. The van der Waals surface area contributed by atoms with Gasteiger partial charge in [0.2, 0.25) is 0 Å². The lowest BCUT2D eigenvalue weighted by atomic mass is 9.93. The lowest BCUT2D eigenvalue weighted by molar-refractivity contribution is 1.28. The van der Waals surface area contributed by atoms with Gasteiger partial charge in [0, 0.05) is 17.1 Å². The summed E-state index contributed by atoms with van der Waals surface area (Å²) in [5, 5.41) is -2.93. The van der Waals surface area contributed by atoms with Gasteiger partial charge in [-0.1, -0.05) is 163 Å². The Hall–Kier alpha value is -6.96. The van der Waals surface area contributed by atoms with E-state index in [2.05, 4.69) is 0 Å². The van der Waals surface area contributed by atoms with Gasteiger partial charge in [-0.15, -0.1) is 0 Å². The van der Waals surface area contributed by atoms with Gasteiger partial charge in [-0.05, 0) is 125 Å². The van der Waals surface area contributed by atoms with Crippen molar-refractivity contribution in [2.24, 2.45) is 0 Å². The summed E-state index contributed by atoms with van der Waals surface area (Å²) < 4.78 is 257. The molecule has 10 aromatic carbocycles. The summed E-state index contributed by atoms with van der Waals surface area (Å²) in [5.74, 6) is 0. The van der Waals surface area contributed by atoms with E-state index in [1.54, 1.807) is 0 Å². The second kappa shape index (κ2) is 13.0. The van der Waals surface area contributed by atoms with Crippen LogP contribution in [0.4, 0.5) is 17.1 Å². The average Bonchev–Trinajstić information content (AvgIpc) is 3.45. The first-order chi connectivity index (χ1) is 38.3. The zero-order valence-corrected chi connectivity index (χ0v) is 26.9. The van der Waals surface area contributed by atoms with E-state index in [9.17, 15) is 13.7 Å². The maximum atomic E-state index is 9.67. The van der Waals surface area contributed by atoms with Crippen molar-refractivity contribution in [1.29, 1.82) is 0 Å². The van der Waals surface area contributed by atoms with Crippen molar-refractivity contribution in [3.8, 4) is 33.4 Å². The van der Waals surface area contributed by atoms with Gasteiger partial charge in [0.25, 0.3) is 0 Å². The maximum absolute atomic E-state index is 9.67. The standard InChI is InChI=1S/C52H35N/c1-2-10-36(11-3-1)37-20-27-44(28-21-37)53(45-29-22-38(23-30-45)41-26-33-49-43(34-41)19-18-39-12-4-6-14-47(39)49)46-31-24-40(25-32-46)52-35-42-13-5-7-15-48(42)50-16-8-9-17-51(50)52/h1-35H/i1D,2D,3D,4D,5D,6D,7D,8D,9D,10D,11D,12D,13D,14D,15D,16D,18D,19D,20D,21D,22D,23D,24D,25D,29D,31D,33D,34D,35D. The fourth-order valence-corrected chi connectivity index (χ4v) is 5.95. The first-order valence-corrected chi connectivity index (χ1v) is 15.9. The molecule has 0 spiro atoms. The first-order valence-electron chi connectivity index (χ1n) is 30.4. The molecule has 0 aliphatic heterocycles. The van der Waals surface area contributed by atoms with E-state index in [1.165, 1.54) is 0 Å². The number of hydrogen-bond donors (Lipinski definition) is 0. The van der Waals surface area contributed by atoms with Gasteiger partial charge >= 0.3 is 0 Å². The molecule has 0 unspecified atom stereocenters. The van der Waals surface area contributed by atoms with Crippen LogP contribution in [-0.2, 0) is 0 Å². The molecule has 0 aromatic heterocycles. The normalized spacial score (nSPS) is 19.1. The molecular formula is C52H35N. The van der Waals surface area contributed by atoms with Crippen LogP contribution in [0, 0.1) is 0 Å². The van der Waals surface area contributed by atoms with Crippen molar-refractivity contribution in [3.63, 3.8) is 0 Å². The quantitative estimate of drug-likeness (QED) is 0.156. The molecule has 0 atom stereocenters. The Morgan fingerprint density at radius 1 is 0.283 bits per heavy atom. The van der Waals surface area contributed by atoms with Crippen LogP contribution in [0.15, 0.2) is 212 Å². The van der Waals surface area contributed by atoms with E-state index >= 15 is 0 Å². The summed E-state index contributed by atoms with van der Waals surface area (Å²) in [6.07, 6.45) is 0. The highest BCUT2D eigenvalue weighted by molar-refractivity contribution is 6.14. The molecule has 0 fully saturated rings. The van der Waals surface area contributed by atoms with Crippen LogP contribution in [0.3, 0.4) is 0 Å². The molecule has 1 nitrogen and oxygen atoms in total. The van der Waals surface area contributed by atoms with Gasteiger partial charge in [0.05, 0.1) is 39.8 Å². The van der Waals surface area contributed by atoms with Crippen molar-refractivity contribution < 1.29 is 39.8 Å². The van der Waals surface area contributed by atoms with Crippen LogP contribution in [0.2, 0.25) is 0 Å². The van der Waals surface area contributed by atoms with E-state index in [4.69, 9.17) is 26.0 Å². The number of nitrogens with zero attached hydrogens (tertiary/aromatic N) is 1. The van der Waals surface area contributed by atoms with Gasteiger partial charge < -0.3 is 4.90 Å². The molecule has 0 saturated heterocycles. The highest BCUT2D eigenvalue weighted by Gasteiger charge is 2.15. The van der Waals surface area contributed by atoms with Gasteiger partial charge in [0.1, 0.15) is 0 Å². The highest BCUT2D eigenvalue weighted by atomic mass is 15.1. The van der Waals surface area contributed by atoms with Gasteiger partial charge in [-0.2, -0.15) is 0 Å². The molecule has 1 heteroatoms. The van der Waals surface area contributed by atoms with Gasteiger partial charge in [-0.3, -0.25) is 0 Å². The fraction of sp³-hybridized carbons (Fsp3) is 0. The van der Waals surface area contributed by atoms with E-state index in [1.807, 2.05) is 0 Å². The number of anilines is 3. The molecule has 0 amide bonds. The van der Waals surface area contributed by atoms with E-state index in [0.717, 1.165) is 41.3 Å². The van der Waals surface area contributed by atoms with Crippen molar-refractivity contribution >= 4 is 60.2 Å². The van der Waals surface area contributed by atoms with Crippen LogP contribution in [-0.4, -0.2) is 0 Å². The lowest BCUT2D eigenvalue weighted by Crippen LogP contribution is -2.09. The van der Waals surface area contributed by atoms with Crippen molar-refractivity contribution in [2.75, 3.05) is 4.90 Å². The Labute approximate surface area is 350 Å². The number of hydrogen-bond acceptors (Lipinski definition) is 1. The topological polar surface area (TPSA) is 3.24 Å². The Kier molecular flexibility index (Phi) is 3.24. The van der Waals surface area contributed by atoms with Crippen molar-refractivity contribution in [2.45, 2.75) is 0 Å². The van der Waals surface area contributed by atoms with Crippen LogP contribution < -0.4 is 4.90 Å². The predicted octanol–water partition coefficient (Wildman–Crippen LogP) is 14.8. The zero-order chi connectivity index (χ0) is 60.4. The Morgan fingerprint density at radius 2 is 0.811 bits per heavy atom. The summed E-state index contributed by atoms with van der Waals surface area (Å²) >= 11 is 0. The van der Waals surface area contributed by atoms with Crippen LogP contribution in [0.5, 0.6) is 0 Å². The average molecular weight is 703 g/mol. The molecule has 0 aliphatic rings. The van der Waals surface area contributed by atoms with E-state index in [-0.39, 0.29) is 38.0 Å².